The van der Waals surface area contributed by atoms with E-state index in [-0.39, 0.29) is 32.2 Å². The van der Waals surface area contributed by atoms with Gasteiger partial charge in [-0.25, -0.2) is 0 Å². The molecule has 0 rings (SSSR count). The van der Waals surface area contributed by atoms with E-state index in [0.717, 1.165) is 64.2 Å². The number of nitrogens with zero attached hydrogens (tertiary/aromatic N) is 1. The van der Waals surface area contributed by atoms with Crippen LogP contribution in [0.4, 0.5) is 0 Å². The fourth-order valence-electron chi connectivity index (χ4n) is 8.13. The minimum atomic E-state index is -1.62. The lowest BCUT2D eigenvalue weighted by atomic mass is 10.0. The zero-order chi connectivity index (χ0) is 50.6. The molecule has 0 fully saturated rings. The Bertz CT molecular complexity index is 1270. The molecule has 0 spiro atoms. The Morgan fingerprint density at radius 3 is 1.25 bits per heavy atom. The van der Waals surface area contributed by atoms with Gasteiger partial charge in [0, 0.05) is 12.8 Å². The van der Waals surface area contributed by atoms with Crippen LogP contribution >= 0.6 is 0 Å². The van der Waals surface area contributed by atoms with Gasteiger partial charge in [-0.2, -0.15) is 0 Å². The van der Waals surface area contributed by atoms with Crippen molar-refractivity contribution in [2.24, 2.45) is 0 Å². The Kier molecular flexibility index (Phi) is 49.5. The van der Waals surface area contributed by atoms with Crippen LogP contribution in [0.15, 0.2) is 48.6 Å². The first-order valence-electron chi connectivity index (χ1n) is 28.8. The summed E-state index contributed by atoms with van der Waals surface area (Å²) in [7, 11) is 5.92. The maximum absolute atomic E-state index is 12.8. The number of carbonyl (C=O) groups excluding carboxylic acids is 3. The maximum atomic E-state index is 12.8. The molecule has 0 radical (unpaired) electrons. The van der Waals surface area contributed by atoms with Gasteiger partial charge >= 0.3 is 11.9 Å². The number of quaternary nitrogens is 1. The van der Waals surface area contributed by atoms with Crippen LogP contribution in [0, 0.1) is 0 Å². The van der Waals surface area contributed by atoms with Crippen LogP contribution in [0.2, 0.25) is 0 Å². The first kappa shape index (κ1) is 66.2. The summed E-state index contributed by atoms with van der Waals surface area (Å²) in [5.74, 6) is -2.29. The number of hydrogen-bond donors (Lipinski definition) is 0. The fraction of sp³-hybridized carbons (Fsp3) is 0.817. The van der Waals surface area contributed by atoms with E-state index in [1.54, 1.807) is 0 Å². The van der Waals surface area contributed by atoms with Crippen molar-refractivity contribution in [3.63, 3.8) is 0 Å². The highest BCUT2D eigenvalue weighted by Gasteiger charge is 2.22. The largest absolute Gasteiger partial charge is 0.545 e. The quantitative estimate of drug-likeness (QED) is 0.0195. The number of carbonyl (C=O) groups is 3. The van der Waals surface area contributed by atoms with Gasteiger partial charge < -0.3 is 33.3 Å². The van der Waals surface area contributed by atoms with Crippen molar-refractivity contribution in [1.82, 2.24) is 0 Å². The molecule has 0 heterocycles. The Balaban J connectivity index is 4.18. The van der Waals surface area contributed by atoms with Crippen molar-refractivity contribution in [3.8, 4) is 0 Å². The number of rotatable bonds is 53. The second-order valence-electron chi connectivity index (χ2n) is 20.5. The number of ether oxygens (including phenoxy) is 4. The van der Waals surface area contributed by atoms with Gasteiger partial charge in [0.05, 0.1) is 40.3 Å². The molecule has 2 atom stereocenters. The van der Waals surface area contributed by atoms with Crippen molar-refractivity contribution < 1.29 is 42.9 Å². The van der Waals surface area contributed by atoms with Gasteiger partial charge in [-0.3, -0.25) is 9.59 Å². The number of carboxylic acids is 1. The number of aliphatic carboxylic acids is 1. The molecular formula is C60H109NO8. The molecule has 402 valence electrons. The van der Waals surface area contributed by atoms with Crippen molar-refractivity contribution >= 4 is 17.9 Å². The Labute approximate surface area is 425 Å². The molecule has 0 bridgehead atoms. The highest BCUT2D eigenvalue weighted by molar-refractivity contribution is 5.70. The molecular weight excluding hydrogens is 863 g/mol. The topological polar surface area (TPSA) is 111 Å². The van der Waals surface area contributed by atoms with Gasteiger partial charge in [0.15, 0.2) is 12.4 Å². The third-order valence-corrected chi connectivity index (χ3v) is 12.6. The lowest BCUT2D eigenvalue weighted by Crippen LogP contribution is -2.44. The van der Waals surface area contributed by atoms with Gasteiger partial charge in [-0.1, -0.05) is 223 Å². The van der Waals surface area contributed by atoms with Gasteiger partial charge in [0.2, 0.25) is 0 Å². The molecule has 0 aromatic carbocycles. The van der Waals surface area contributed by atoms with E-state index in [0.29, 0.717) is 23.9 Å². The zero-order valence-corrected chi connectivity index (χ0v) is 45.7. The average molecular weight is 973 g/mol. The first-order chi connectivity index (χ1) is 33.6. The van der Waals surface area contributed by atoms with Crippen molar-refractivity contribution in [3.05, 3.63) is 48.6 Å². The van der Waals surface area contributed by atoms with E-state index in [2.05, 4.69) is 62.5 Å². The standard InChI is InChI=1S/C60H109NO8/c1-6-8-10-12-14-16-18-20-22-24-25-26-27-28-29-30-31-32-33-35-36-38-40-42-44-46-48-50-57(62)67-54-56(55-68-60(59(64)65)66-53-52-61(3,4)5)69-58(63)51-49-47-45-43-41-39-37-34-23-21-19-17-15-13-11-9-7-2/h9,11,15,17,21,23-25,56,60H,6-8,10,12-14,16,18-20,22,26-55H2,1-5H3/b11-9-,17-15-,23-21-,25-24-. The molecule has 0 amide bonds. The predicted octanol–water partition coefficient (Wildman–Crippen LogP) is 15.3. The van der Waals surface area contributed by atoms with E-state index >= 15 is 0 Å². The Morgan fingerprint density at radius 1 is 0.449 bits per heavy atom. The van der Waals surface area contributed by atoms with Crippen molar-refractivity contribution in [2.75, 3.05) is 47.5 Å². The number of esters is 2. The number of hydrogen-bond acceptors (Lipinski definition) is 8. The summed E-state index contributed by atoms with van der Waals surface area (Å²) >= 11 is 0. The minimum Gasteiger partial charge on any atom is -0.545 e. The van der Waals surface area contributed by atoms with Gasteiger partial charge in [0.25, 0.3) is 0 Å². The van der Waals surface area contributed by atoms with Crippen molar-refractivity contribution in [2.45, 2.75) is 270 Å². The SMILES string of the molecule is CC/C=C\C/C=C\C/C=C\CCCCCCCCCC(=O)OC(COC(=O)CCCCCCCCCCCCCCCCC/C=C\CCCCCCCCCC)COC(OCC[N+](C)(C)C)C(=O)[O-]. The molecule has 9 nitrogen and oxygen atoms in total. The average Bonchev–Trinajstić information content (AvgIpc) is 3.31. The van der Waals surface area contributed by atoms with Gasteiger partial charge in [0.1, 0.15) is 13.2 Å². The summed E-state index contributed by atoms with van der Waals surface area (Å²) in [6.45, 7) is 4.65. The predicted molar refractivity (Wildman–Crippen MR) is 288 cm³/mol. The molecule has 0 aromatic heterocycles. The second kappa shape index (κ2) is 51.6. The van der Waals surface area contributed by atoms with E-state index in [4.69, 9.17) is 18.9 Å². The number of unbranched alkanes of at least 4 members (excludes halogenated alkanes) is 30. The van der Waals surface area contributed by atoms with E-state index in [9.17, 15) is 19.5 Å². The van der Waals surface area contributed by atoms with E-state index in [1.165, 1.54) is 161 Å². The first-order valence-corrected chi connectivity index (χ1v) is 28.8. The molecule has 0 saturated carbocycles. The molecule has 0 aliphatic rings. The minimum absolute atomic E-state index is 0.145. The normalized spacial score (nSPS) is 13.1. The number of allylic oxidation sites excluding steroid dienone is 8. The van der Waals surface area contributed by atoms with Crippen LogP contribution in [-0.2, 0) is 33.3 Å². The van der Waals surface area contributed by atoms with Crippen LogP contribution in [0.25, 0.3) is 0 Å². The Hall–Kier alpha value is -2.75. The summed E-state index contributed by atoms with van der Waals surface area (Å²) in [5, 5.41) is 11.8. The van der Waals surface area contributed by atoms with E-state index < -0.39 is 24.3 Å². The molecule has 9 heteroatoms. The second-order valence-corrected chi connectivity index (χ2v) is 20.5. The molecule has 0 saturated heterocycles. The summed E-state index contributed by atoms with van der Waals surface area (Å²) in [6.07, 6.45) is 60.2. The highest BCUT2D eigenvalue weighted by Crippen LogP contribution is 2.16. The summed E-state index contributed by atoms with van der Waals surface area (Å²) in [4.78, 5) is 37.2. The lowest BCUT2D eigenvalue weighted by Gasteiger charge is -2.26. The Morgan fingerprint density at radius 2 is 0.826 bits per heavy atom. The number of likely N-dealkylation sites (N-methyl/N-ethyl adjacent to an activating group) is 1. The third-order valence-electron chi connectivity index (χ3n) is 12.6. The van der Waals surface area contributed by atoms with Crippen LogP contribution in [-0.4, -0.2) is 82.3 Å². The smallest absolute Gasteiger partial charge is 0.306 e. The summed E-state index contributed by atoms with van der Waals surface area (Å²) < 4.78 is 22.7. The van der Waals surface area contributed by atoms with E-state index in [1.807, 2.05) is 21.1 Å². The summed E-state index contributed by atoms with van der Waals surface area (Å²) in [5.41, 5.74) is 0. The molecule has 0 aliphatic carbocycles. The molecule has 0 aromatic rings. The van der Waals surface area contributed by atoms with Gasteiger partial charge in [-0.15, -0.1) is 0 Å². The lowest BCUT2D eigenvalue weighted by molar-refractivity contribution is -0.870. The third kappa shape index (κ3) is 52.9. The summed E-state index contributed by atoms with van der Waals surface area (Å²) in [6, 6.07) is 0. The van der Waals surface area contributed by atoms with Crippen LogP contribution in [0.5, 0.6) is 0 Å². The molecule has 0 aliphatic heterocycles. The van der Waals surface area contributed by atoms with Crippen LogP contribution in [0.3, 0.4) is 0 Å². The monoisotopic (exact) mass is 972 g/mol. The maximum Gasteiger partial charge on any atom is 0.306 e. The van der Waals surface area contributed by atoms with Gasteiger partial charge in [-0.05, 0) is 70.6 Å². The fourth-order valence-corrected chi connectivity index (χ4v) is 8.13. The van der Waals surface area contributed by atoms with Crippen molar-refractivity contribution in [1.29, 1.82) is 0 Å². The van der Waals surface area contributed by atoms with Crippen LogP contribution in [0.1, 0.15) is 258 Å². The number of carboxylic acid groups (broad SMARTS) is 1. The zero-order valence-electron chi connectivity index (χ0n) is 45.7. The molecule has 0 N–H and O–H groups in total. The van der Waals surface area contributed by atoms with Crippen LogP contribution < -0.4 is 5.11 Å². The molecule has 69 heavy (non-hydrogen) atoms. The highest BCUT2D eigenvalue weighted by atomic mass is 16.7. The molecule has 2 unspecified atom stereocenters.